The van der Waals surface area contributed by atoms with Crippen molar-refractivity contribution in [3.8, 4) is 17.1 Å². The van der Waals surface area contributed by atoms with Crippen molar-refractivity contribution >= 4 is 17.5 Å². The summed E-state index contributed by atoms with van der Waals surface area (Å²) in [7, 11) is 1.63. The Hall–Kier alpha value is -3.27. The summed E-state index contributed by atoms with van der Waals surface area (Å²) in [5.41, 5.74) is 0.164. The first kappa shape index (κ1) is 30.1. The maximum Gasteiger partial charge on any atom is 0.208 e. The van der Waals surface area contributed by atoms with Gasteiger partial charge in [-0.25, -0.2) is 4.98 Å². The molecule has 0 radical (unpaired) electrons. The summed E-state index contributed by atoms with van der Waals surface area (Å²) in [4.78, 5) is 23.5. The third-order valence-corrected chi connectivity index (χ3v) is 14.2. The van der Waals surface area contributed by atoms with Gasteiger partial charge in [0, 0.05) is 51.1 Å². The van der Waals surface area contributed by atoms with Crippen molar-refractivity contribution in [1.29, 1.82) is 0 Å². The summed E-state index contributed by atoms with van der Waals surface area (Å²) in [5, 5.41) is 31.6. The van der Waals surface area contributed by atoms with Crippen molar-refractivity contribution in [3.63, 3.8) is 0 Å². The number of nitrogens with zero attached hydrogens (tertiary/aromatic N) is 3. The van der Waals surface area contributed by atoms with E-state index < -0.39 is 16.4 Å². The van der Waals surface area contributed by atoms with Crippen molar-refractivity contribution in [2.75, 3.05) is 12.9 Å². The Bertz CT molecular complexity index is 1740. The van der Waals surface area contributed by atoms with Gasteiger partial charge in [-0.15, -0.1) is 5.10 Å². The largest absolute Gasteiger partial charge is 0.497 e. The smallest absolute Gasteiger partial charge is 0.208 e. The number of allylic oxidation sites excluding steroid dienone is 4. The average Bonchev–Trinajstić information content (AvgIpc) is 3.66. The lowest BCUT2D eigenvalue weighted by molar-refractivity contribution is -0.166. The summed E-state index contributed by atoms with van der Waals surface area (Å²) >= 11 is 1.50. The van der Waals surface area contributed by atoms with E-state index in [-0.39, 0.29) is 34.6 Å². The molecule has 2 heterocycles. The Kier molecular flexibility index (Phi) is 6.78. The number of H-pyrrole nitrogens is 1. The molecule has 3 fully saturated rings. The molecular weight excluding hydrogens is 596 g/mol. The van der Waals surface area contributed by atoms with Gasteiger partial charge in [-0.05, 0) is 98.6 Å². The highest BCUT2D eigenvalue weighted by Gasteiger charge is 2.74. The highest BCUT2D eigenvalue weighted by Crippen LogP contribution is 2.78. The lowest BCUT2D eigenvalue weighted by atomic mass is 9.32. The van der Waals surface area contributed by atoms with E-state index in [0.29, 0.717) is 35.1 Å². The number of benzene rings is 1. The van der Waals surface area contributed by atoms with Crippen LogP contribution in [0.2, 0.25) is 0 Å². The zero-order valence-corrected chi connectivity index (χ0v) is 27.5. The van der Waals surface area contributed by atoms with Crippen LogP contribution in [0.5, 0.6) is 5.75 Å². The number of ketones is 1. The van der Waals surface area contributed by atoms with Gasteiger partial charge < -0.3 is 14.9 Å². The molecule has 6 aliphatic carbocycles. The fraction of sp³-hybridized carbons (Fsp3) is 0.514. The number of fused-ring (bicyclic) bond motifs is 1. The van der Waals surface area contributed by atoms with Crippen molar-refractivity contribution in [2.45, 2.75) is 75.7 Å². The molecule has 8 nitrogen and oxygen atoms in total. The number of hydrogen-bond donors (Lipinski definition) is 3. The second-order valence-corrected chi connectivity index (χ2v) is 15.8. The summed E-state index contributed by atoms with van der Waals surface area (Å²) < 4.78 is 5.39. The number of carbonyl (C=O) groups excluding carboxylic acids is 1. The van der Waals surface area contributed by atoms with E-state index in [9.17, 15) is 15.0 Å². The van der Waals surface area contributed by atoms with Gasteiger partial charge in [-0.3, -0.25) is 14.9 Å². The van der Waals surface area contributed by atoms with Crippen LogP contribution in [-0.2, 0) is 0 Å². The van der Waals surface area contributed by atoms with Gasteiger partial charge in [0.2, 0.25) is 5.16 Å². The molecule has 2 bridgehead atoms. The number of aliphatic hydroxyl groups excluding tert-OH is 1. The molecule has 9 heteroatoms. The highest BCUT2D eigenvalue weighted by atomic mass is 32.2. The molecule has 240 valence electrons. The van der Waals surface area contributed by atoms with Gasteiger partial charge in [0.15, 0.2) is 11.6 Å². The number of aliphatic hydroxyl groups is 2. The molecular formula is C37H42N4O4S. The van der Waals surface area contributed by atoms with Crippen molar-refractivity contribution in [1.82, 2.24) is 20.2 Å². The first-order valence-corrected chi connectivity index (χ1v) is 17.5. The van der Waals surface area contributed by atoms with E-state index in [1.165, 1.54) is 11.8 Å². The van der Waals surface area contributed by atoms with Crippen LogP contribution in [0.25, 0.3) is 11.4 Å². The lowest BCUT2D eigenvalue weighted by Gasteiger charge is -2.71. The summed E-state index contributed by atoms with van der Waals surface area (Å²) in [6.45, 7) is 4.68. The van der Waals surface area contributed by atoms with Gasteiger partial charge in [0.05, 0.1) is 18.8 Å². The van der Waals surface area contributed by atoms with E-state index in [2.05, 4.69) is 47.3 Å². The van der Waals surface area contributed by atoms with E-state index in [0.717, 1.165) is 49.0 Å². The molecule has 0 amide bonds. The highest BCUT2D eigenvalue weighted by molar-refractivity contribution is 7.99. The van der Waals surface area contributed by atoms with Crippen LogP contribution in [0.4, 0.5) is 0 Å². The van der Waals surface area contributed by atoms with Gasteiger partial charge in [0.25, 0.3) is 0 Å². The molecule has 3 saturated carbocycles. The zero-order chi connectivity index (χ0) is 32.0. The summed E-state index contributed by atoms with van der Waals surface area (Å²) in [6.07, 6.45) is 15.8. The van der Waals surface area contributed by atoms with Gasteiger partial charge >= 0.3 is 0 Å². The lowest BCUT2D eigenvalue weighted by Crippen LogP contribution is -2.67. The molecule has 6 aliphatic rings. The molecule has 3 N–H and O–H groups in total. The Labute approximate surface area is 274 Å². The molecule has 1 aromatic carbocycles. The maximum absolute atomic E-state index is 14.7. The predicted molar refractivity (Wildman–Crippen MR) is 176 cm³/mol. The third-order valence-electron chi connectivity index (χ3n) is 13.2. The number of nitrogens with one attached hydrogen (secondary N) is 1. The number of aromatic nitrogens is 4. The minimum Gasteiger partial charge on any atom is -0.497 e. The Morgan fingerprint density at radius 1 is 1.00 bits per heavy atom. The van der Waals surface area contributed by atoms with E-state index >= 15 is 0 Å². The molecule has 46 heavy (non-hydrogen) atoms. The number of ether oxygens (including phenoxy) is 1. The first-order chi connectivity index (χ1) is 22.1. The normalized spacial score (nSPS) is 38.9. The zero-order valence-electron chi connectivity index (χ0n) is 26.7. The van der Waals surface area contributed by atoms with Gasteiger partial charge in [-0.2, -0.15) is 0 Å². The van der Waals surface area contributed by atoms with Crippen LogP contribution in [0.15, 0.2) is 77.7 Å². The number of carbonyl (C=O) groups is 1. The van der Waals surface area contributed by atoms with Crippen LogP contribution in [-0.4, -0.2) is 60.7 Å². The van der Waals surface area contributed by atoms with Gasteiger partial charge in [-0.1, -0.05) is 43.8 Å². The van der Waals surface area contributed by atoms with E-state index in [1.54, 1.807) is 19.5 Å². The van der Waals surface area contributed by atoms with Crippen molar-refractivity contribution in [3.05, 3.63) is 78.2 Å². The molecule has 1 unspecified atom stereocenters. The molecule has 2 spiro atoms. The molecule has 0 aliphatic heterocycles. The number of rotatable bonds is 7. The first-order valence-electron chi connectivity index (χ1n) is 16.6. The SMILES string of the molecule is COc1ccc(C(=O)C2=C[C@@]34C=C[C@@]25[C@@H]2CC[C@@](O)(CSc6n[nH]c(-c7ccncc7)n6)[C@@]2(C)CC[C@@H]5[C@@]3(C)CCC(O)C4)cc1. The second-order valence-electron chi connectivity index (χ2n) is 14.9. The quantitative estimate of drug-likeness (QED) is 0.154. The minimum absolute atomic E-state index is 0.0527. The van der Waals surface area contributed by atoms with Crippen LogP contribution in [0, 0.1) is 33.5 Å². The summed E-state index contributed by atoms with van der Waals surface area (Å²) in [6, 6.07) is 11.2. The number of hydrogen-bond acceptors (Lipinski definition) is 8. The Balaban J connectivity index is 1.16. The Morgan fingerprint density at radius 2 is 1.72 bits per heavy atom. The molecule has 0 saturated heterocycles. The van der Waals surface area contributed by atoms with Gasteiger partial charge in [0.1, 0.15) is 5.75 Å². The number of pyridine rings is 1. The van der Waals surface area contributed by atoms with Crippen LogP contribution in [0.3, 0.4) is 0 Å². The molecule has 3 aromatic rings. The van der Waals surface area contributed by atoms with Crippen molar-refractivity contribution < 1.29 is 19.7 Å². The molecule has 9 rings (SSSR count). The topological polar surface area (TPSA) is 121 Å². The summed E-state index contributed by atoms with van der Waals surface area (Å²) in [5.74, 6) is 2.28. The molecule has 2 aromatic heterocycles. The van der Waals surface area contributed by atoms with E-state index in [4.69, 9.17) is 9.72 Å². The average molecular weight is 639 g/mol. The third kappa shape index (κ3) is 4.00. The monoisotopic (exact) mass is 638 g/mol. The van der Waals surface area contributed by atoms with E-state index in [1.807, 2.05) is 36.4 Å². The second kappa shape index (κ2) is 10.4. The number of aromatic amines is 1. The van der Waals surface area contributed by atoms with Crippen LogP contribution >= 0.6 is 11.8 Å². The number of methoxy groups -OCH3 is 1. The number of thioether (sulfide) groups is 1. The molecule has 8 atom stereocenters. The fourth-order valence-corrected chi connectivity index (χ4v) is 11.7. The van der Waals surface area contributed by atoms with Crippen molar-refractivity contribution in [2.24, 2.45) is 33.5 Å². The Morgan fingerprint density at radius 3 is 2.48 bits per heavy atom. The van der Waals surface area contributed by atoms with Crippen LogP contribution < -0.4 is 4.74 Å². The standard InChI is InChI=1S/C37H42N4O4S/c1-33-13-8-25(42)20-35(33)16-17-37(27(21-35)30(43)23-4-6-26(45-3)7-5-23)28(33)9-14-34(2)29(37)10-15-36(34,44)22-46-32-39-31(40-41-32)24-11-18-38-19-12-24/h4-7,11-12,16-19,21,25,28-29,42,44H,8-10,13-15,20,22H2,1-3H3,(H,39,40,41)/t25?,28-,29-,33-,34+,35+,36-,37-/m1/s1. The number of Topliss-reactive ketones (excluding diaryl/α,β-unsaturated/α-hetero) is 1. The van der Waals surface area contributed by atoms with Crippen LogP contribution in [0.1, 0.15) is 69.2 Å². The predicted octanol–water partition coefficient (Wildman–Crippen LogP) is 6.44. The minimum atomic E-state index is -0.947. The fourth-order valence-electron chi connectivity index (χ4n) is 10.6. The maximum atomic E-state index is 14.7.